The molecule has 0 aliphatic rings. The number of hydrogen-bond acceptors (Lipinski definition) is 6. The lowest BCUT2D eigenvalue weighted by Gasteiger charge is -2.12. The van der Waals surface area contributed by atoms with Crippen molar-refractivity contribution in [2.45, 2.75) is 174 Å². The first-order valence-corrected chi connectivity index (χ1v) is 18.3. The lowest BCUT2D eigenvalue weighted by Crippen LogP contribution is -2.25. The Morgan fingerprint density at radius 1 is 0.556 bits per heavy atom. The van der Waals surface area contributed by atoms with Crippen molar-refractivity contribution >= 4 is 11.9 Å². The fourth-order valence-corrected chi connectivity index (χ4v) is 4.80. The van der Waals surface area contributed by atoms with Crippen molar-refractivity contribution in [1.29, 1.82) is 0 Å². The van der Waals surface area contributed by atoms with Gasteiger partial charge in [0, 0.05) is 12.8 Å². The molecule has 0 aliphatic carbocycles. The Balaban J connectivity index is 3.65. The van der Waals surface area contributed by atoms with Crippen LogP contribution in [0.3, 0.4) is 0 Å². The number of carbonyl (C=O) groups is 2. The molecule has 0 saturated carbocycles. The summed E-state index contributed by atoms with van der Waals surface area (Å²) >= 11 is 0. The van der Waals surface area contributed by atoms with Crippen molar-refractivity contribution in [3.63, 3.8) is 0 Å². The minimum absolute atomic E-state index is 0.155. The number of aliphatic hydroxyl groups is 2. The normalized spacial score (nSPS) is 13.4. The fraction of sp³-hybridized carbons (Fsp3) is 0.744. The van der Waals surface area contributed by atoms with E-state index in [-0.39, 0.29) is 31.6 Å². The van der Waals surface area contributed by atoms with Crippen molar-refractivity contribution in [2.75, 3.05) is 13.2 Å². The second-order valence-corrected chi connectivity index (χ2v) is 12.2. The molecule has 0 aromatic carbocycles. The number of hydrogen-bond donors (Lipinski definition) is 2. The number of carbonyl (C=O) groups excluding carboxylic acids is 2. The molecule has 0 heterocycles. The van der Waals surface area contributed by atoms with Crippen molar-refractivity contribution in [3.05, 3.63) is 48.6 Å². The Morgan fingerprint density at radius 3 is 1.64 bits per heavy atom. The van der Waals surface area contributed by atoms with E-state index in [9.17, 15) is 19.8 Å². The maximum atomic E-state index is 11.9. The van der Waals surface area contributed by atoms with E-state index in [0.717, 1.165) is 32.1 Å². The molecule has 1 unspecified atom stereocenters. The number of allylic oxidation sites excluding steroid dienone is 6. The van der Waals surface area contributed by atoms with Crippen LogP contribution in [0.25, 0.3) is 0 Å². The summed E-state index contributed by atoms with van der Waals surface area (Å²) in [6.45, 7) is 4.13. The molecule has 0 bridgehead atoms. The quantitative estimate of drug-likeness (QED) is 0.0332. The molecule has 0 radical (unpaired) electrons. The minimum atomic E-state index is -1.01. The van der Waals surface area contributed by atoms with Crippen LogP contribution in [0.2, 0.25) is 0 Å². The lowest BCUT2D eigenvalue weighted by atomic mass is 10.0. The van der Waals surface area contributed by atoms with Crippen LogP contribution < -0.4 is 0 Å². The summed E-state index contributed by atoms with van der Waals surface area (Å²) in [7, 11) is 0. The highest BCUT2D eigenvalue weighted by Gasteiger charge is 2.12. The van der Waals surface area contributed by atoms with E-state index in [4.69, 9.17) is 9.47 Å². The zero-order valence-corrected chi connectivity index (χ0v) is 29.0. The van der Waals surface area contributed by atoms with E-state index in [1.165, 1.54) is 83.5 Å². The molecular weight excluding hydrogens is 564 g/mol. The summed E-state index contributed by atoms with van der Waals surface area (Å²) in [5.74, 6) is -0.691. The summed E-state index contributed by atoms with van der Waals surface area (Å²) in [4.78, 5) is 23.8. The Labute approximate surface area is 276 Å². The first kappa shape index (κ1) is 42.8. The maximum absolute atomic E-state index is 11.9. The minimum Gasteiger partial charge on any atom is -0.463 e. The van der Waals surface area contributed by atoms with Gasteiger partial charge in [-0.1, -0.05) is 152 Å². The molecule has 0 spiro atoms. The van der Waals surface area contributed by atoms with Crippen LogP contribution in [-0.2, 0) is 19.1 Å². The second kappa shape index (κ2) is 34.7. The van der Waals surface area contributed by atoms with Gasteiger partial charge in [0.1, 0.15) is 19.3 Å². The van der Waals surface area contributed by atoms with Crippen LogP contribution >= 0.6 is 0 Å². The zero-order valence-electron chi connectivity index (χ0n) is 29.0. The zero-order chi connectivity index (χ0) is 33.1. The fourth-order valence-electron chi connectivity index (χ4n) is 4.80. The van der Waals surface area contributed by atoms with Gasteiger partial charge in [0.2, 0.25) is 0 Å². The molecule has 0 aromatic rings. The Kier molecular flexibility index (Phi) is 33.0. The summed E-state index contributed by atoms with van der Waals surface area (Å²) in [5, 5.41) is 20.0. The molecule has 260 valence electrons. The second-order valence-electron chi connectivity index (χ2n) is 12.2. The Bertz CT molecular complexity index is 784. The van der Waals surface area contributed by atoms with E-state index in [1.807, 2.05) is 24.3 Å². The summed E-state index contributed by atoms with van der Waals surface area (Å²) in [6, 6.07) is 0. The van der Waals surface area contributed by atoms with Crippen molar-refractivity contribution in [3.8, 4) is 0 Å². The summed E-state index contributed by atoms with van der Waals surface area (Å²) in [6.07, 6.45) is 39.0. The van der Waals surface area contributed by atoms with Gasteiger partial charge in [-0.25, -0.2) is 0 Å². The molecule has 0 amide bonds. The molecule has 6 nitrogen and oxygen atoms in total. The molecule has 0 aliphatic heterocycles. The smallest absolute Gasteiger partial charge is 0.305 e. The third-order valence-corrected chi connectivity index (χ3v) is 7.65. The molecule has 2 N–H and O–H groups in total. The highest BCUT2D eigenvalue weighted by Crippen LogP contribution is 2.13. The van der Waals surface area contributed by atoms with Gasteiger partial charge in [0.25, 0.3) is 0 Å². The third kappa shape index (κ3) is 34.5. The van der Waals surface area contributed by atoms with Gasteiger partial charge in [-0.2, -0.15) is 0 Å². The van der Waals surface area contributed by atoms with Crippen LogP contribution in [0, 0.1) is 0 Å². The van der Waals surface area contributed by atoms with Gasteiger partial charge >= 0.3 is 11.9 Å². The molecule has 0 rings (SSSR count). The predicted molar refractivity (Wildman–Crippen MR) is 188 cm³/mol. The molecule has 6 heteroatoms. The van der Waals surface area contributed by atoms with Crippen LogP contribution in [-0.4, -0.2) is 47.6 Å². The predicted octanol–water partition coefficient (Wildman–Crippen LogP) is 10.0. The summed E-state index contributed by atoms with van der Waals surface area (Å²) < 4.78 is 10.2. The molecule has 2 atom stereocenters. The van der Waals surface area contributed by atoms with Gasteiger partial charge in [-0.05, 0) is 44.9 Å². The molecular formula is C39H68O6. The average Bonchev–Trinajstić information content (AvgIpc) is 3.03. The van der Waals surface area contributed by atoms with Gasteiger partial charge in [0.15, 0.2) is 0 Å². The lowest BCUT2D eigenvalue weighted by molar-refractivity contribution is -0.152. The SMILES string of the molecule is CCCCC/C=C\C/C=C\CC(O)/C=C\C=C\CCCC(=O)OC[C@@H](O)COC(=O)CCCCCCCCCCCCCCC. The largest absolute Gasteiger partial charge is 0.463 e. The number of rotatable bonds is 32. The Morgan fingerprint density at radius 2 is 1.04 bits per heavy atom. The van der Waals surface area contributed by atoms with Crippen LogP contribution in [0.4, 0.5) is 0 Å². The number of ether oxygens (including phenoxy) is 2. The molecule has 0 saturated heterocycles. The maximum Gasteiger partial charge on any atom is 0.305 e. The molecule has 45 heavy (non-hydrogen) atoms. The number of unbranched alkanes of at least 4 members (excludes halogenated alkanes) is 16. The highest BCUT2D eigenvalue weighted by atomic mass is 16.6. The third-order valence-electron chi connectivity index (χ3n) is 7.65. The average molecular weight is 633 g/mol. The van der Waals surface area contributed by atoms with E-state index < -0.39 is 12.2 Å². The molecule has 0 aromatic heterocycles. The first-order chi connectivity index (χ1) is 22.0. The van der Waals surface area contributed by atoms with E-state index in [0.29, 0.717) is 25.7 Å². The van der Waals surface area contributed by atoms with Crippen molar-refractivity contribution in [1.82, 2.24) is 0 Å². The van der Waals surface area contributed by atoms with Crippen LogP contribution in [0.1, 0.15) is 162 Å². The topological polar surface area (TPSA) is 93.1 Å². The Hall–Kier alpha value is -2.18. The van der Waals surface area contributed by atoms with Gasteiger partial charge in [-0.3, -0.25) is 9.59 Å². The highest BCUT2D eigenvalue weighted by molar-refractivity contribution is 5.69. The standard InChI is InChI=1S/C39H68O6/c1-3-5-7-9-11-13-14-15-16-18-20-24-28-32-38(42)44-34-37(41)35-45-39(43)33-29-25-21-23-27-31-36(40)30-26-22-19-17-12-10-8-6-4-2/h12,17,21-23,26-27,31,36-37,40-41H,3-11,13-16,18-20,24-25,28-30,32-35H2,1-2H3/b17-12-,23-21+,26-22-,31-27-/t36?,37-/m0/s1. The van der Waals surface area contributed by atoms with E-state index in [1.54, 1.807) is 6.08 Å². The number of esters is 2. The van der Waals surface area contributed by atoms with Gasteiger partial charge in [-0.15, -0.1) is 0 Å². The monoisotopic (exact) mass is 633 g/mol. The van der Waals surface area contributed by atoms with Crippen LogP contribution in [0.5, 0.6) is 0 Å². The van der Waals surface area contributed by atoms with Crippen molar-refractivity contribution in [2.24, 2.45) is 0 Å². The molecule has 0 fully saturated rings. The van der Waals surface area contributed by atoms with Crippen molar-refractivity contribution < 1.29 is 29.3 Å². The number of aliphatic hydroxyl groups excluding tert-OH is 2. The van der Waals surface area contributed by atoms with Gasteiger partial charge < -0.3 is 19.7 Å². The summed E-state index contributed by atoms with van der Waals surface area (Å²) in [5.41, 5.74) is 0. The first-order valence-electron chi connectivity index (χ1n) is 18.3. The van der Waals surface area contributed by atoms with E-state index >= 15 is 0 Å². The van der Waals surface area contributed by atoms with E-state index in [2.05, 4.69) is 32.1 Å². The van der Waals surface area contributed by atoms with Gasteiger partial charge in [0.05, 0.1) is 6.10 Å². The van der Waals surface area contributed by atoms with Crippen LogP contribution in [0.15, 0.2) is 48.6 Å².